The van der Waals surface area contributed by atoms with Crippen LogP contribution in [-0.4, -0.2) is 41.2 Å². The lowest BCUT2D eigenvalue weighted by atomic mass is 10.1. The molecule has 1 saturated carbocycles. The third kappa shape index (κ3) is 2.52. The van der Waals surface area contributed by atoms with Gasteiger partial charge in [0, 0.05) is 36.6 Å². The molecule has 1 N–H and O–H groups in total. The van der Waals surface area contributed by atoms with Crippen LogP contribution in [0.2, 0.25) is 0 Å². The number of aryl methyl sites for hydroxylation is 1. The average molecular weight is 335 g/mol. The summed E-state index contributed by atoms with van der Waals surface area (Å²) in [6.07, 6.45) is 4.98. The fourth-order valence-corrected chi connectivity index (χ4v) is 3.81. The quantitative estimate of drug-likeness (QED) is 0.917. The highest BCUT2D eigenvalue weighted by molar-refractivity contribution is 5.97. The number of carbonyl (C=O) groups is 1. The van der Waals surface area contributed by atoms with E-state index < -0.39 is 0 Å². The molecule has 1 atom stereocenters. The molecule has 128 valence electrons. The molecule has 0 radical (unpaired) electrons. The summed E-state index contributed by atoms with van der Waals surface area (Å²) in [6.45, 7) is 3.87. The molecule has 2 aromatic rings. The predicted molar refractivity (Wildman–Crippen MR) is 96.9 cm³/mol. The molecular formula is C19H21N5O. The molecule has 1 unspecified atom stereocenters. The van der Waals surface area contributed by atoms with Gasteiger partial charge in [0.25, 0.3) is 0 Å². The molecule has 6 nitrogen and oxygen atoms in total. The second kappa shape index (κ2) is 5.44. The van der Waals surface area contributed by atoms with E-state index in [1.54, 1.807) is 6.20 Å². The van der Waals surface area contributed by atoms with E-state index in [4.69, 9.17) is 4.98 Å². The molecule has 0 spiro atoms. The number of hydrogen-bond donors (Lipinski definition) is 1. The van der Waals surface area contributed by atoms with Crippen LogP contribution in [0, 0.1) is 6.92 Å². The number of rotatable bonds is 2. The molecule has 5 rings (SSSR count). The van der Waals surface area contributed by atoms with E-state index in [2.05, 4.69) is 21.3 Å². The highest BCUT2D eigenvalue weighted by atomic mass is 16.2. The largest absolute Gasteiger partial charge is 0.366 e. The summed E-state index contributed by atoms with van der Waals surface area (Å²) in [6, 6.07) is 8.71. The smallest absolute Gasteiger partial charge is 0.323 e. The number of carbonyl (C=O) groups excluding carboxylic acids is 1. The van der Waals surface area contributed by atoms with Crippen molar-refractivity contribution < 1.29 is 4.79 Å². The molecule has 0 aromatic carbocycles. The van der Waals surface area contributed by atoms with Crippen molar-refractivity contribution in [3.8, 4) is 11.3 Å². The summed E-state index contributed by atoms with van der Waals surface area (Å²) in [4.78, 5) is 26.2. The monoisotopic (exact) mass is 335 g/mol. The van der Waals surface area contributed by atoms with Gasteiger partial charge in [0.05, 0.1) is 17.4 Å². The highest BCUT2D eigenvalue weighted by Crippen LogP contribution is 2.40. The minimum absolute atomic E-state index is 0.00542. The van der Waals surface area contributed by atoms with Crippen molar-refractivity contribution >= 4 is 17.5 Å². The average Bonchev–Trinajstić information content (AvgIpc) is 3.33. The van der Waals surface area contributed by atoms with Gasteiger partial charge in [0.15, 0.2) is 5.82 Å². The maximum absolute atomic E-state index is 12.8. The fraction of sp³-hybridized carbons (Fsp3) is 0.421. The van der Waals surface area contributed by atoms with Gasteiger partial charge in [-0.05, 0) is 50.5 Å². The molecule has 1 saturated heterocycles. The fourth-order valence-electron chi connectivity index (χ4n) is 3.81. The van der Waals surface area contributed by atoms with Crippen LogP contribution in [0.3, 0.4) is 0 Å². The van der Waals surface area contributed by atoms with Crippen molar-refractivity contribution in [2.45, 2.75) is 38.3 Å². The number of nitrogens with zero attached hydrogens (tertiary/aromatic N) is 4. The summed E-state index contributed by atoms with van der Waals surface area (Å²) >= 11 is 0. The van der Waals surface area contributed by atoms with Crippen molar-refractivity contribution in [2.75, 3.05) is 22.9 Å². The SMILES string of the molecule is Cc1cc(-c2ccc3c(n2)N(C(=O)NC2CC2)C2CCN3C2)ccn1. The van der Waals surface area contributed by atoms with Gasteiger partial charge in [-0.25, -0.2) is 9.78 Å². The number of aromatic nitrogens is 2. The predicted octanol–water partition coefficient (Wildman–Crippen LogP) is 2.72. The summed E-state index contributed by atoms with van der Waals surface area (Å²) < 4.78 is 0. The van der Waals surface area contributed by atoms with Crippen LogP contribution >= 0.6 is 0 Å². The Hall–Kier alpha value is -2.63. The van der Waals surface area contributed by atoms with Gasteiger partial charge >= 0.3 is 6.03 Å². The molecule has 1 aliphatic carbocycles. The van der Waals surface area contributed by atoms with Gasteiger partial charge in [-0.2, -0.15) is 0 Å². The number of hydrogen-bond acceptors (Lipinski definition) is 4. The van der Waals surface area contributed by atoms with E-state index >= 15 is 0 Å². The van der Waals surface area contributed by atoms with Crippen molar-refractivity contribution in [1.29, 1.82) is 0 Å². The van der Waals surface area contributed by atoms with Crippen LogP contribution in [0.15, 0.2) is 30.5 Å². The van der Waals surface area contributed by atoms with Gasteiger partial charge in [0.1, 0.15) is 0 Å². The molecule has 2 aliphatic heterocycles. The van der Waals surface area contributed by atoms with Crippen molar-refractivity contribution in [3.05, 3.63) is 36.2 Å². The van der Waals surface area contributed by atoms with Crippen molar-refractivity contribution in [3.63, 3.8) is 0 Å². The second-order valence-electron chi connectivity index (χ2n) is 7.21. The van der Waals surface area contributed by atoms with E-state index in [0.717, 1.165) is 60.8 Å². The van der Waals surface area contributed by atoms with Crippen LogP contribution < -0.4 is 15.1 Å². The number of fused-ring (bicyclic) bond motifs is 4. The zero-order valence-electron chi connectivity index (χ0n) is 14.3. The van der Waals surface area contributed by atoms with Crippen molar-refractivity contribution in [1.82, 2.24) is 15.3 Å². The van der Waals surface area contributed by atoms with Crippen LogP contribution in [0.4, 0.5) is 16.3 Å². The van der Waals surface area contributed by atoms with Crippen LogP contribution in [0.25, 0.3) is 11.3 Å². The second-order valence-corrected chi connectivity index (χ2v) is 7.21. The molecule has 25 heavy (non-hydrogen) atoms. The Morgan fingerprint density at radius 2 is 2.12 bits per heavy atom. The van der Waals surface area contributed by atoms with E-state index in [-0.39, 0.29) is 12.1 Å². The van der Waals surface area contributed by atoms with Crippen molar-refractivity contribution in [2.24, 2.45) is 0 Å². The van der Waals surface area contributed by atoms with Gasteiger partial charge in [-0.1, -0.05) is 0 Å². The van der Waals surface area contributed by atoms with Crippen LogP contribution in [0.1, 0.15) is 25.0 Å². The van der Waals surface area contributed by atoms with E-state index in [0.29, 0.717) is 6.04 Å². The van der Waals surface area contributed by atoms with Gasteiger partial charge in [-0.3, -0.25) is 9.88 Å². The first-order valence-corrected chi connectivity index (χ1v) is 8.98. The minimum atomic E-state index is 0.00542. The molecule has 2 aromatic heterocycles. The Kier molecular flexibility index (Phi) is 3.20. The Morgan fingerprint density at radius 1 is 1.24 bits per heavy atom. The molecule has 4 heterocycles. The van der Waals surface area contributed by atoms with Gasteiger partial charge in [0.2, 0.25) is 0 Å². The minimum Gasteiger partial charge on any atom is -0.366 e. The number of anilines is 2. The zero-order valence-corrected chi connectivity index (χ0v) is 14.3. The first-order valence-electron chi connectivity index (χ1n) is 8.98. The molecule has 2 bridgehead atoms. The lowest BCUT2D eigenvalue weighted by molar-refractivity contribution is 0.243. The Morgan fingerprint density at radius 3 is 2.92 bits per heavy atom. The topological polar surface area (TPSA) is 61.4 Å². The van der Waals surface area contributed by atoms with E-state index in [9.17, 15) is 4.79 Å². The van der Waals surface area contributed by atoms with Gasteiger partial charge < -0.3 is 10.2 Å². The summed E-state index contributed by atoms with van der Waals surface area (Å²) in [7, 11) is 0. The summed E-state index contributed by atoms with van der Waals surface area (Å²) in [5, 5.41) is 3.13. The number of nitrogens with one attached hydrogen (secondary N) is 1. The Balaban J connectivity index is 1.57. The molecular weight excluding hydrogens is 314 g/mol. The standard InChI is InChI=1S/C19H21N5O/c1-12-10-13(6-8-20-12)16-4-5-17-18(22-16)24(15-7-9-23(17)11-15)19(25)21-14-2-3-14/h4-6,8,10,14-15H,2-3,7,9,11H2,1H3,(H,21,25). The van der Waals surface area contributed by atoms with Crippen LogP contribution in [0.5, 0.6) is 0 Å². The van der Waals surface area contributed by atoms with E-state index in [1.165, 1.54) is 0 Å². The van der Waals surface area contributed by atoms with Gasteiger partial charge in [-0.15, -0.1) is 0 Å². The Bertz CT molecular complexity index is 847. The zero-order chi connectivity index (χ0) is 17.0. The molecule has 2 amide bonds. The summed E-state index contributed by atoms with van der Waals surface area (Å²) in [5.74, 6) is 0.791. The number of urea groups is 1. The highest BCUT2D eigenvalue weighted by Gasteiger charge is 2.41. The molecule has 6 heteroatoms. The number of pyridine rings is 2. The lowest BCUT2D eigenvalue weighted by Gasteiger charge is -2.36. The maximum Gasteiger partial charge on any atom is 0.323 e. The first-order chi connectivity index (χ1) is 12.2. The Labute approximate surface area is 146 Å². The third-order valence-electron chi connectivity index (χ3n) is 5.27. The number of amides is 2. The van der Waals surface area contributed by atoms with Crippen LogP contribution in [-0.2, 0) is 0 Å². The van der Waals surface area contributed by atoms with E-state index in [1.807, 2.05) is 30.0 Å². The molecule has 3 aliphatic rings. The third-order valence-corrected chi connectivity index (χ3v) is 5.27. The first kappa shape index (κ1) is 14.7. The molecule has 2 fully saturated rings. The lowest BCUT2D eigenvalue weighted by Crippen LogP contribution is -2.51. The summed E-state index contributed by atoms with van der Waals surface area (Å²) in [5.41, 5.74) is 3.94. The normalized spacial score (nSPS) is 21.2. The maximum atomic E-state index is 12.8.